The average molecular weight is 546 g/mol. The van der Waals surface area contributed by atoms with E-state index in [1.807, 2.05) is 49.5 Å². The monoisotopic (exact) mass is 545 g/mol. The maximum atomic E-state index is 11.8. The summed E-state index contributed by atoms with van der Waals surface area (Å²) in [5.41, 5.74) is 9.47. The number of carbonyl (C=O) groups is 2. The van der Waals surface area contributed by atoms with Gasteiger partial charge in [0.25, 0.3) is 11.1 Å². The van der Waals surface area contributed by atoms with Gasteiger partial charge in [-0.25, -0.2) is 19.9 Å². The smallest absolute Gasteiger partial charge is 0.290 e. The fraction of sp³-hybridized carbons (Fsp3) is 0.333. The number of imide groups is 1. The van der Waals surface area contributed by atoms with E-state index >= 15 is 0 Å². The van der Waals surface area contributed by atoms with Gasteiger partial charge in [0.05, 0.1) is 16.3 Å². The Morgan fingerprint density at radius 3 is 2.64 bits per heavy atom. The van der Waals surface area contributed by atoms with Crippen molar-refractivity contribution in [3.63, 3.8) is 0 Å². The van der Waals surface area contributed by atoms with Gasteiger partial charge in [-0.15, -0.1) is 0 Å². The van der Waals surface area contributed by atoms with Crippen molar-refractivity contribution in [2.45, 2.75) is 19.4 Å². The number of nitrogens with zero attached hydrogens (tertiary/aromatic N) is 6. The predicted molar refractivity (Wildman–Crippen MR) is 154 cm³/mol. The van der Waals surface area contributed by atoms with Crippen molar-refractivity contribution >= 4 is 46.6 Å². The van der Waals surface area contributed by atoms with E-state index in [-0.39, 0.29) is 11.1 Å². The normalized spacial score (nSPS) is 17.1. The maximum absolute atomic E-state index is 11.8. The Balaban J connectivity index is 1.15. The van der Waals surface area contributed by atoms with Gasteiger partial charge >= 0.3 is 0 Å². The molecular formula is C27H31N9O2S. The molecule has 0 spiro atoms. The predicted octanol–water partition coefficient (Wildman–Crippen LogP) is 2.91. The molecule has 2 aliphatic heterocycles. The highest BCUT2D eigenvalue weighted by atomic mass is 32.2. The Morgan fingerprint density at radius 2 is 1.95 bits per heavy atom. The molecule has 3 aromatic heterocycles. The fourth-order valence-corrected chi connectivity index (χ4v) is 5.25. The van der Waals surface area contributed by atoms with E-state index in [4.69, 9.17) is 5.73 Å². The molecule has 5 rings (SSSR count). The van der Waals surface area contributed by atoms with Crippen LogP contribution in [-0.4, -0.2) is 64.8 Å². The molecule has 0 aromatic carbocycles. The molecule has 39 heavy (non-hydrogen) atoms. The molecule has 2 saturated heterocycles. The minimum atomic E-state index is -0.390. The average Bonchev–Trinajstić information content (AvgIpc) is 3.26. The number of rotatable bonds is 8. The van der Waals surface area contributed by atoms with E-state index in [1.165, 1.54) is 0 Å². The Labute approximate surface area is 231 Å². The van der Waals surface area contributed by atoms with Crippen LogP contribution in [0.4, 0.5) is 22.4 Å². The number of nitrogens with one attached hydrogen (secondary N) is 2. The summed E-state index contributed by atoms with van der Waals surface area (Å²) in [5.74, 6) is 2.15. The molecule has 0 radical (unpaired) electrons. The lowest BCUT2D eigenvalue weighted by atomic mass is 9.97. The van der Waals surface area contributed by atoms with Crippen LogP contribution in [0.15, 0.2) is 47.6 Å². The van der Waals surface area contributed by atoms with Crippen LogP contribution < -0.4 is 26.2 Å². The number of anilines is 3. The summed E-state index contributed by atoms with van der Waals surface area (Å²) in [5, 5.41) is 5.50. The number of thioether (sulfide) groups is 1. The second-order valence-corrected chi connectivity index (χ2v) is 10.8. The molecule has 0 unspecified atom stereocenters. The molecule has 0 atom stereocenters. The number of piperidine rings is 1. The summed E-state index contributed by atoms with van der Waals surface area (Å²) in [4.78, 5) is 45.9. The zero-order valence-electron chi connectivity index (χ0n) is 21.9. The molecule has 0 saturated carbocycles. The SMILES string of the molecule is CN(C)c1ccc(-c2nc(N)ccc2CNCC2CCN(c3nccc(/C=C4\SC(=O)NC4=O)n3)CC2)cn1. The summed E-state index contributed by atoms with van der Waals surface area (Å²) < 4.78 is 0. The van der Waals surface area contributed by atoms with Crippen LogP contribution in [0.3, 0.4) is 0 Å². The van der Waals surface area contributed by atoms with Crippen LogP contribution in [0.1, 0.15) is 24.1 Å². The lowest BCUT2D eigenvalue weighted by Gasteiger charge is -2.32. The highest BCUT2D eigenvalue weighted by molar-refractivity contribution is 8.18. The van der Waals surface area contributed by atoms with Crippen molar-refractivity contribution in [1.82, 2.24) is 30.6 Å². The van der Waals surface area contributed by atoms with Gasteiger partial charge in [-0.3, -0.25) is 14.9 Å². The van der Waals surface area contributed by atoms with E-state index in [0.717, 1.165) is 66.9 Å². The van der Waals surface area contributed by atoms with E-state index in [1.54, 1.807) is 18.3 Å². The Hall–Kier alpha value is -4.03. The molecule has 5 heterocycles. The first-order valence-corrected chi connectivity index (χ1v) is 13.6. The molecule has 202 valence electrons. The first-order chi connectivity index (χ1) is 18.9. The molecular weight excluding hydrogens is 514 g/mol. The molecule has 12 heteroatoms. The van der Waals surface area contributed by atoms with Crippen molar-refractivity contribution in [1.29, 1.82) is 0 Å². The minimum Gasteiger partial charge on any atom is -0.384 e. The first-order valence-electron chi connectivity index (χ1n) is 12.8. The van der Waals surface area contributed by atoms with Crippen molar-refractivity contribution in [2.24, 2.45) is 5.92 Å². The third-order valence-electron chi connectivity index (χ3n) is 6.71. The third-order valence-corrected chi connectivity index (χ3v) is 7.52. The van der Waals surface area contributed by atoms with Crippen molar-refractivity contribution in [3.05, 3.63) is 58.9 Å². The van der Waals surface area contributed by atoms with Gasteiger partial charge in [-0.1, -0.05) is 6.07 Å². The van der Waals surface area contributed by atoms with Crippen molar-refractivity contribution in [3.8, 4) is 11.3 Å². The van der Waals surface area contributed by atoms with E-state index in [9.17, 15) is 9.59 Å². The topological polar surface area (TPSA) is 142 Å². The third kappa shape index (κ3) is 6.52. The maximum Gasteiger partial charge on any atom is 0.290 e. The zero-order valence-corrected chi connectivity index (χ0v) is 22.7. The van der Waals surface area contributed by atoms with Crippen LogP contribution >= 0.6 is 11.8 Å². The summed E-state index contributed by atoms with van der Waals surface area (Å²) in [6.07, 6.45) is 7.17. The molecule has 3 aromatic rings. The summed E-state index contributed by atoms with van der Waals surface area (Å²) in [6, 6.07) is 9.60. The van der Waals surface area contributed by atoms with Crippen LogP contribution in [0.5, 0.6) is 0 Å². The quantitative estimate of drug-likeness (QED) is 0.360. The number of pyridine rings is 2. The van der Waals surface area contributed by atoms with Gasteiger partial charge in [0.1, 0.15) is 11.6 Å². The lowest BCUT2D eigenvalue weighted by Crippen LogP contribution is -2.38. The second-order valence-electron chi connectivity index (χ2n) is 9.74. The number of hydrogen-bond donors (Lipinski definition) is 3. The van der Waals surface area contributed by atoms with Crippen LogP contribution in [0.2, 0.25) is 0 Å². The molecule has 2 aliphatic rings. The van der Waals surface area contributed by atoms with Gasteiger partial charge in [0.2, 0.25) is 5.95 Å². The first kappa shape index (κ1) is 26.6. The fourth-order valence-electron chi connectivity index (χ4n) is 4.58. The van der Waals surface area contributed by atoms with Gasteiger partial charge in [-0.05, 0) is 73.0 Å². The minimum absolute atomic E-state index is 0.343. The molecule has 0 bridgehead atoms. The van der Waals surface area contributed by atoms with Crippen molar-refractivity contribution < 1.29 is 9.59 Å². The summed E-state index contributed by atoms with van der Waals surface area (Å²) in [7, 11) is 3.93. The number of nitrogens with two attached hydrogens (primary N) is 1. The summed E-state index contributed by atoms with van der Waals surface area (Å²) in [6.45, 7) is 3.27. The summed E-state index contributed by atoms with van der Waals surface area (Å²) >= 11 is 0.883. The van der Waals surface area contributed by atoms with E-state index in [2.05, 4.69) is 35.5 Å². The van der Waals surface area contributed by atoms with Crippen LogP contribution in [-0.2, 0) is 11.3 Å². The molecule has 0 aliphatic carbocycles. The van der Waals surface area contributed by atoms with Gasteiger partial charge < -0.3 is 20.9 Å². The Morgan fingerprint density at radius 1 is 1.13 bits per heavy atom. The number of amides is 2. The van der Waals surface area contributed by atoms with E-state index < -0.39 is 0 Å². The van der Waals surface area contributed by atoms with Crippen LogP contribution in [0.25, 0.3) is 17.3 Å². The van der Waals surface area contributed by atoms with Crippen LogP contribution in [0, 0.1) is 5.92 Å². The number of carbonyl (C=O) groups excluding carboxylic acids is 2. The standard InChI is InChI=1S/C27H31N9O2S/c1-35(2)23-6-4-19(16-31-23)24-18(3-5-22(28)33-24)15-29-14-17-8-11-36(12-9-17)26-30-10-7-20(32-26)13-21-25(37)34-27(38)39-21/h3-7,10,13,16-17,29H,8-9,11-12,14-15H2,1-2H3,(H2,28,33)(H,34,37,38)/b21-13-. The highest BCUT2D eigenvalue weighted by Crippen LogP contribution is 2.27. The number of nitrogen functional groups attached to an aromatic ring is 1. The molecule has 2 fully saturated rings. The Bertz CT molecular complexity index is 1390. The largest absolute Gasteiger partial charge is 0.384 e. The number of aromatic nitrogens is 4. The lowest BCUT2D eigenvalue weighted by molar-refractivity contribution is -0.115. The zero-order chi connectivity index (χ0) is 27.4. The molecule has 4 N–H and O–H groups in total. The molecule has 2 amide bonds. The van der Waals surface area contributed by atoms with Crippen molar-refractivity contribution in [2.75, 3.05) is 49.3 Å². The van der Waals surface area contributed by atoms with Gasteiger partial charge in [0.15, 0.2) is 0 Å². The van der Waals surface area contributed by atoms with Gasteiger partial charge in [-0.2, -0.15) is 0 Å². The molecule has 11 nitrogen and oxygen atoms in total. The highest BCUT2D eigenvalue weighted by Gasteiger charge is 2.26. The van der Waals surface area contributed by atoms with E-state index in [0.29, 0.717) is 34.8 Å². The Kier molecular flexibility index (Phi) is 8.03. The number of hydrogen-bond acceptors (Lipinski definition) is 11. The van der Waals surface area contributed by atoms with Gasteiger partial charge in [0, 0.05) is 51.7 Å². The second kappa shape index (κ2) is 11.8.